The van der Waals surface area contributed by atoms with E-state index < -0.39 is 12.0 Å². The number of thiazole rings is 1. The van der Waals surface area contributed by atoms with Crippen LogP contribution in [0.15, 0.2) is 74.0 Å². The summed E-state index contributed by atoms with van der Waals surface area (Å²) in [5.74, 6) is 1.40. The number of aromatic nitrogens is 1. The molecule has 0 saturated carbocycles. The van der Waals surface area contributed by atoms with Crippen molar-refractivity contribution in [1.82, 2.24) is 4.57 Å². The largest absolute Gasteiger partial charge is 0.496 e. The van der Waals surface area contributed by atoms with Gasteiger partial charge in [0.15, 0.2) is 10.7 Å². The number of rotatable bonds is 8. The summed E-state index contributed by atoms with van der Waals surface area (Å²) < 4.78 is 25.1. The zero-order chi connectivity index (χ0) is 29.2. The Bertz CT molecular complexity index is 1840. The second kappa shape index (κ2) is 12.0. The number of anilines is 1. The molecule has 0 bridgehead atoms. The first-order valence-electron chi connectivity index (χ1n) is 14.2. The number of esters is 1. The molecule has 4 heterocycles. The lowest BCUT2D eigenvalue weighted by atomic mass is 9.90. The molecular formula is C32H33N3O6S. The van der Waals surface area contributed by atoms with E-state index in [1.54, 1.807) is 24.7 Å². The minimum atomic E-state index is -0.787. The van der Waals surface area contributed by atoms with Crippen LogP contribution in [0.4, 0.5) is 5.88 Å². The summed E-state index contributed by atoms with van der Waals surface area (Å²) in [7, 11) is 1.60. The fourth-order valence-corrected chi connectivity index (χ4v) is 6.63. The predicted molar refractivity (Wildman–Crippen MR) is 162 cm³/mol. The number of carbonyl (C=O) groups is 1. The van der Waals surface area contributed by atoms with Gasteiger partial charge in [0.25, 0.3) is 5.56 Å². The standard InChI is InChI=1S/C32H33N3O6S/c1-4-8-23-28(31(37)40-5-2)29(27-22-10-7-6-9-20(22)11-13-24(27)38-3)35-30(36)25(42-32(35)33-23)19-21-12-14-26(41-21)34-15-17-39-18-16-34/h6-7,9-14,19,29H,4-5,8,15-18H2,1-3H3/b25-19+. The van der Waals surface area contributed by atoms with Crippen LogP contribution in [0.2, 0.25) is 0 Å². The first kappa shape index (κ1) is 28.0. The van der Waals surface area contributed by atoms with Crippen molar-refractivity contribution in [2.75, 3.05) is 44.9 Å². The van der Waals surface area contributed by atoms with Gasteiger partial charge in [-0.15, -0.1) is 0 Å². The smallest absolute Gasteiger partial charge is 0.338 e. The number of ether oxygens (including phenoxy) is 3. The SMILES string of the molecule is CCCC1=C(C(=O)OCC)C(c2c(OC)ccc3ccccc23)n2c(s/c(=C/c3ccc(N4CCOCC4)o3)c2=O)=N1. The van der Waals surface area contributed by atoms with Gasteiger partial charge in [-0.2, -0.15) is 0 Å². The summed E-state index contributed by atoms with van der Waals surface area (Å²) in [5, 5.41) is 1.86. The van der Waals surface area contributed by atoms with E-state index >= 15 is 0 Å². The Morgan fingerprint density at radius 2 is 1.93 bits per heavy atom. The highest BCUT2D eigenvalue weighted by molar-refractivity contribution is 7.07. The number of furan rings is 1. The van der Waals surface area contributed by atoms with E-state index in [0.29, 0.717) is 51.7 Å². The third-order valence-electron chi connectivity index (χ3n) is 7.52. The molecular weight excluding hydrogens is 554 g/mol. The van der Waals surface area contributed by atoms with E-state index in [-0.39, 0.29) is 12.2 Å². The average molecular weight is 588 g/mol. The van der Waals surface area contributed by atoms with Gasteiger partial charge >= 0.3 is 5.97 Å². The summed E-state index contributed by atoms with van der Waals surface area (Å²) in [5.41, 5.74) is 1.44. The minimum absolute atomic E-state index is 0.204. The van der Waals surface area contributed by atoms with E-state index in [0.717, 1.165) is 41.7 Å². The molecule has 0 amide bonds. The van der Waals surface area contributed by atoms with Gasteiger partial charge in [-0.1, -0.05) is 55.0 Å². The number of carbonyl (C=O) groups excluding carboxylic acids is 1. The molecule has 0 aliphatic carbocycles. The van der Waals surface area contributed by atoms with Crippen LogP contribution in [-0.4, -0.2) is 50.6 Å². The predicted octanol–water partition coefficient (Wildman–Crippen LogP) is 4.17. The molecule has 1 fully saturated rings. The van der Waals surface area contributed by atoms with Gasteiger partial charge in [0, 0.05) is 30.8 Å². The number of hydrogen-bond acceptors (Lipinski definition) is 9. The zero-order valence-electron chi connectivity index (χ0n) is 23.9. The Labute approximate surface area is 246 Å². The Kier molecular flexibility index (Phi) is 7.99. The van der Waals surface area contributed by atoms with Gasteiger partial charge in [-0.3, -0.25) is 9.36 Å². The van der Waals surface area contributed by atoms with Crippen molar-refractivity contribution < 1.29 is 23.4 Å². The molecule has 2 aliphatic heterocycles. The van der Waals surface area contributed by atoms with Crippen LogP contribution in [0.3, 0.4) is 0 Å². The van der Waals surface area contributed by atoms with E-state index in [4.69, 9.17) is 23.6 Å². The number of fused-ring (bicyclic) bond motifs is 2. The Balaban J connectivity index is 1.58. The van der Waals surface area contributed by atoms with Crippen molar-refractivity contribution in [2.24, 2.45) is 4.99 Å². The molecule has 4 aromatic rings. The first-order valence-corrected chi connectivity index (χ1v) is 15.1. The highest BCUT2D eigenvalue weighted by atomic mass is 32.1. The Morgan fingerprint density at radius 1 is 1.12 bits per heavy atom. The molecule has 1 saturated heterocycles. The zero-order valence-corrected chi connectivity index (χ0v) is 24.7. The topological polar surface area (TPSA) is 95.5 Å². The lowest BCUT2D eigenvalue weighted by molar-refractivity contribution is -0.139. The van der Waals surface area contributed by atoms with E-state index in [1.165, 1.54) is 11.3 Å². The summed E-state index contributed by atoms with van der Waals surface area (Å²) in [6, 6.07) is 14.7. The summed E-state index contributed by atoms with van der Waals surface area (Å²) in [6.07, 6.45) is 3.08. The fourth-order valence-electron chi connectivity index (χ4n) is 5.63. The highest BCUT2D eigenvalue weighted by Gasteiger charge is 2.37. The van der Waals surface area contributed by atoms with Crippen molar-refractivity contribution in [1.29, 1.82) is 0 Å². The van der Waals surface area contributed by atoms with Crippen molar-refractivity contribution in [2.45, 2.75) is 32.7 Å². The lowest BCUT2D eigenvalue weighted by Crippen LogP contribution is -2.40. The van der Waals surface area contributed by atoms with Crippen LogP contribution in [0.1, 0.15) is 44.1 Å². The second-order valence-corrected chi connectivity index (χ2v) is 11.1. The summed E-state index contributed by atoms with van der Waals surface area (Å²) in [6.45, 7) is 6.81. The van der Waals surface area contributed by atoms with Crippen LogP contribution in [0.5, 0.6) is 5.75 Å². The fraction of sp³-hybridized carbons (Fsp3) is 0.344. The Hall–Kier alpha value is -4.15. The van der Waals surface area contributed by atoms with Gasteiger partial charge in [-0.05, 0) is 36.2 Å². The number of methoxy groups -OCH3 is 1. The number of hydrogen-bond donors (Lipinski definition) is 0. The van der Waals surface area contributed by atoms with Crippen LogP contribution >= 0.6 is 11.3 Å². The van der Waals surface area contributed by atoms with E-state index in [1.807, 2.05) is 55.5 Å². The molecule has 0 spiro atoms. The summed E-state index contributed by atoms with van der Waals surface area (Å²) >= 11 is 1.28. The van der Waals surface area contributed by atoms with Crippen molar-refractivity contribution >= 4 is 40.0 Å². The van der Waals surface area contributed by atoms with Gasteiger partial charge in [-0.25, -0.2) is 9.79 Å². The summed E-state index contributed by atoms with van der Waals surface area (Å²) in [4.78, 5) is 35.4. The van der Waals surface area contributed by atoms with Gasteiger partial charge in [0.2, 0.25) is 0 Å². The quantitative estimate of drug-likeness (QED) is 0.286. The Morgan fingerprint density at radius 3 is 2.69 bits per heavy atom. The maximum Gasteiger partial charge on any atom is 0.338 e. The number of allylic oxidation sites excluding steroid dienone is 1. The van der Waals surface area contributed by atoms with Crippen molar-refractivity contribution in [3.05, 3.63) is 90.8 Å². The molecule has 0 radical (unpaired) electrons. The molecule has 218 valence electrons. The molecule has 1 unspecified atom stereocenters. The third kappa shape index (κ3) is 5.05. The second-order valence-electron chi connectivity index (χ2n) is 10.1. The van der Waals surface area contributed by atoms with Crippen LogP contribution in [-0.2, 0) is 14.3 Å². The van der Waals surface area contributed by atoms with Gasteiger partial charge in [0.1, 0.15) is 17.6 Å². The average Bonchev–Trinajstić information content (AvgIpc) is 3.61. The highest BCUT2D eigenvalue weighted by Crippen LogP contribution is 2.41. The molecule has 10 heteroatoms. The van der Waals surface area contributed by atoms with E-state index in [9.17, 15) is 9.59 Å². The molecule has 0 N–H and O–H groups in total. The normalized spacial score (nSPS) is 17.4. The molecule has 9 nitrogen and oxygen atoms in total. The maximum atomic E-state index is 14.2. The maximum absolute atomic E-state index is 14.2. The lowest BCUT2D eigenvalue weighted by Gasteiger charge is -2.28. The molecule has 1 atom stereocenters. The number of nitrogens with zero attached hydrogens (tertiary/aromatic N) is 3. The van der Waals surface area contributed by atoms with Crippen molar-refractivity contribution in [3.63, 3.8) is 0 Å². The molecule has 2 aliphatic rings. The third-order valence-corrected chi connectivity index (χ3v) is 8.51. The molecule has 2 aromatic heterocycles. The number of benzene rings is 2. The van der Waals surface area contributed by atoms with Gasteiger partial charge < -0.3 is 23.5 Å². The first-order chi connectivity index (χ1) is 20.5. The van der Waals surface area contributed by atoms with Crippen LogP contribution in [0, 0.1) is 0 Å². The number of morpholine rings is 1. The van der Waals surface area contributed by atoms with Gasteiger partial charge in [0.05, 0.1) is 42.7 Å². The van der Waals surface area contributed by atoms with E-state index in [2.05, 4.69) is 4.90 Å². The van der Waals surface area contributed by atoms with Crippen LogP contribution in [0.25, 0.3) is 16.8 Å². The molecule has 42 heavy (non-hydrogen) atoms. The molecule has 6 rings (SSSR count). The van der Waals surface area contributed by atoms with Crippen LogP contribution < -0.4 is 24.5 Å². The monoisotopic (exact) mass is 587 g/mol. The molecule has 2 aromatic carbocycles. The van der Waals surface area contributed by atoms with Crippen molar-refractivity contribution in [3.8, 4) is 5.75 Å². The minimum Gasteiger partial charge on any atom is -0.496 e.